The van der Waals surface area contributed by atoms with Gasteiger partial charge < -0.3 is 10.5 Å². The first kappa shape index (κ1) is 5.61. The summed E-state index contributed by atoms with van der Waals surface area (Å²) < 4.78 is 5.05. The van der Waals surface area contributed by atoms with Gasteiger partial charge in [0, 0.05) is 12.6 Å². The largest absolute Gasteiger partial charge is 0.364 e. The number of rotatable bonds is 0. The van der Waals surface area contributed by atoms with Gasteiger partial charge in [0.2, 0.25) is 0 Å². The topological polar surface area (TPSA) is 35.2 Å². The van der Waals surface area contributed by atoms with E-state index in [9.17, 15) is 0 Å². The first-order valence-corrected chi connectivity index (χ1v) is 2.68. The predicted molar refractivity (Wildman–Crippen MR) is 31.2 cm³/mol. The van der Waals surface area contributed by atoms with Crippen molar-refractivity contribution in [1.82, 2.24) is 0 Å². The van der Waals surface area contributed by atoms with Crippen molar-refractivity contribution in [3.8, 4) is 12.3 Å². The minimum absolute atomic E-state index is 0.0694. The molecule has 1 aliphatic heterocycles. The lowest BCUT2D eigenvalue weighted by atomic mass is 10.2. The third-order valence-electron chi connectivity index (χ3n) is 1.30. The summed E-state index contributed by atoms with van der Waals surface area (Å²) in [5.74, 6) is 2.47. The molecule has 2 heteroatoms. The Morgan fingerprint density at radius 3 is 2.75 bits per heavy atom. The average Bonchev–Trinajstić information content (AvgIpc) is 2.14. The number of terminal acetylenes is 1. The molecule has 0 aromatic carbocycles. The van der Waals surface area contributed by atoms with Gasteiger partial charge >= 0.3 is 0 Å². The van der Waals surface area contributed by atoms with Crippen LogP contribution in [0, 0.1) is 12.3 Å². The highest BCUT2D eigenvalue weighted by Gasteiger charge is 2.21. The third kappa shape index (κ3) is 0.835. The Hall–Kier alpha value is -0.520. The maximum absolute atomic E-state index is 5.52. The molecule has 1 heterocycles. The second-order valence-electron chi connectivity index (χ2n) is 1.91. The minimum atomic E-state index is -0.130. The van der Waals surface area contributed by atoms with E-state index in [0.29, 0.717) is 0 Å². The van der Waals surface area contributed by atoms with Crippen LogP contribution in [0.5, 0.6) is 0 Å². The average molecular weight is 111 g/mol. The lowest BCUT2D eigenvalue weighted by Crippen LogP contribution is -2.28. The van der Waals surface area contributed by atoms with Gasteiger partial charge in [-0.15, -0.1) is 6.42 Å². The quantitative estimate of drug-likeness (QED) is 0.437. The monoisotopic (exact) mass is 111 g/mol. The zero-order valence-corrected chi connectivity index (χ0v) is 4.63. The third-order valence-corrected chi connectivity index (χ3v) is 1.30. The van der Waals surface area contributed by atoms with Crippen molar-refractivity contribution in [2.75, 3.05) is 6.61 Å². The van der Waals surface area contributed by atoms with E-state index in [-0.39, 0.29) is 12.1 Å². The van der Waals surface area contributed by atoms with Gasteiger partial charge in [-0.05, 0) is 6.42 Å². The van der Waals surface area contributed by atoms with Gasteiger partial charge in [-0.3, -0.25) is 0 Å². The lowest BCUT2D eigenvalue weighted by Gasteiger charge is -2.04. The van der Waals surface area contributed by atoms with Gasteiger partial charge in [0.05, 0.1) is 0 Å². The molecule has 0 bridgehead atoms. The van der Waals surface area contributed by atoms with Crippen LogP contribution in [0.2, 0.25) is 0 Å². The molecule has 1 saturated heterocycles. The Morgan fingerprint density at radius 1 is 1.75 bits per heavy atom. The molecular formula is C6H9NO. The van der Waals surface area contributed by atoms with E-state index in [1.165, 1.54) is 0 Å². The molecule has 0 radical (unpaired) electrons. The van der Waals surface area contributed by atoms with E-state index in [1.54, 1.807) is 0 Å². The fraction of sp³-hybridized carbons (Fsp3) is 0.667. The van der Waals surface area contributed by atoms with Crippen LogP contribution < -0.4 is 5.73 Å². The van der Waals surface area contributed by atoms with Crippen LogP contribution >= 0.6 is 0 Å². The molecule has 0 aromatic heterocycles. The molecule has 2 nitrogen and oxygen atoms in total. The van der Waals surface area contributed by atoms with Crippen LogP contribution in [0.4, 0.5) is 0 Å². The molecule has 0 saturated carbocycles. The molecule has 8 heavy (non-hydrogen) atoms. The zero-order valence-electron chi connectivity index (χ0n) is 4.63. The Kier molecular flexibility index (Phi) is 1.52. The number of ether oxygens (including phenoxy) is 1. The standard InChI is InChI=1S/C6H9NO/c1-2-6-5(7)3-4-8-6/h1,5-6H,3-4,7H2/t5-,6-/m1/s1. The molecule has 0 amide bonds. The molecule has 0 spiro atoms. The highest BCUT2D eigenvalue weighted by Crippen LogP contribution is 2.08. The summed E-state index contributed by atoms with van der Waals surface area (Å²) >= 11 is 0. The van der Waals surface area contributed by atoms with Crippen molar-refractivity contribution < 1.29 is 4.74 Å². The van der Waals surface area contributed by atoms with Gasteiger partial charge in [0.1, 0.15) is 6.10 Å². The molecule has 0 aliphatic carbocycles. The van der Waals surface area contributed by atoms with E-state index in [0.717, 1.165) is 13.0 Å². The van der Waals surface area contributed by atoms with Crippen LogP contribution in [-0.4, -0.2) is 18.8 Å². The fourth-order valence-corrected chi connectivity index (χ4v) is 0.778. The highest BCUT2D eigenvalue weighted by atomic mass is 16.5. The van der Waals surface area contributed by atoms with Crippen molar-refractivity contribution in [2.24, 2.45) is 5.73 Å². The summed E-state index contributed by atoms with van der Waals surface area (Å²) in [7, 11) is 0. The second-order valence-corrected chi connectivity index (χ2v) is 1.91. The summed E-state index contributed by atoms with van der Waals surface area (Å²) in [5.41, 5.74) is 5.52. The summed E-state index contributed by atoms with van der Waals surface area (Å²) in [6, 6.07) is 0.0694. The van der Waals surface area contributed by atoms with Crippen molar-refractivity contribution in [2.45, 2.75) is 18.6 Å². The van der Waals surface area contributed by atoms with Gasteiger partial charge in [-0.1, -0.05) is 5.92 Å². The number of hydrogen-bond donors (Lipinski definition) is 1. The van der Waals surface area contributed by atoms with Gasteiger partial charge in [-0.2, -0.15) is 0 Å². The fourth-order valence-electron chi connectivity index (χ4n) is 0.778. The number of nitrogens with two attached hydrogens (primary N) is 1. The summed E-state index contributed by atoms with van der Waals surface area (Å²) in [6.45, 7) is 0.718. The SMILES string of the molecule is C#C[C@H]1OCC[C@H]1N. The molecule has 1 rings (SSSR count). The predicted octanol–water partition coefficient (Wildman–Crippen LogP) is -0.264. The normalized spacial score (nSPS) is 37.0. The van der Waals surface area contributed by atoms with E-state index < -0.39 is 0 Å². The van der Waals surface area contributed by atoms with Crippen LogP contribution in [0.3, 0.4) is 0 Å². The van der Waals surface area contributed by atoms with Crippen molar-refractivity contribution in [3.05, 3.63) is 0 Å². The molecule has 2 atom stereocenters. The van der Waals surface area contributed by atoms with Crippen LogP contribution in [0.25, 0.3) is 0 Å². The van der Waals surface area contributed by atoms with Gasteiger partial charge in [-0.25, -0.2) is 0 Å². The van der Waals surface area contributed by atoms with Crippen LogP contribution in [0.15, 0.2) is 0 Å². The summed E-state index contributed by atoms with van der Waals surface area (Å²) in [6.07, 6.45) is 5.84. The van der Waals surface area contributed by atoms with Crippen molar-refractivity contribution in [3.63, 3.8) is 0 Å². The lowest BCUT2D eigenvalue weighted by molar-refractivity contribution is 0.146. The Labute approximate surface area is 49.0 Å². The maximum Gasteiger partial charge on any atom is 0.133 e. The van der Waals surface area contributed by atoms with Crippen LogP contribution in [0.1, 0.15) is 6.42 Å². The molecule has 0 unspecified atom stereocenters. The van der Waals surface area contributed by atoms with E-state index in [2.05, 4.69) is 5.92 Å². The first-order valence-electron chi connectivity index (χ1n) is 2.68. The number of hydrogen-bond acceptors (Lipinski definition) is 2. The molecule has 0 aromatic rings. The van der Waals surface area contributed by atoms with Gasteiger partial charge in [0.15, 0.2) is 0 Å². The molecule has 44 valence electrons. The first-order chi connectivity index (χ1) is 3.84. The minimum Gasteiger partial charge on any atom is -0.364 e. The van der Waals surface area contributed by atoms with Crippen molar-refractivity contribution in [1.29, 1.82) is 0 Å². The van der Waals surface area contributed by atoms with E-state index in [4.69, 9.17) is 16.9 Å². The van der Waals surface area contributed by atoms with Gasteiger partial charge in [0.25, 0.3) is 0 Å². The summed E-state index contributed by atoms with van der Waals surface area (Å²) in [4.78, 5) is 0. The Balaban J connectivity index is 2.45. The van der Waals surface area contributed by atoms with E-state index in [1.807, 2.05) is 0 Å². The zero-order chi connectivity index (χ0) is 5.98. The Bertz CT molecular complexity index is 116. The summed E-state index contributed by atoms with van der Waals surface area (Å²) in [5, 5.41) is 0. The Morgan fingerprint density at radius 2 is 2.50 bits per heavy atom. The molecule has 2 N–H and O–H groups in total. The van der Waals surface area contributed by atoms with Crippen LogP contribution in [-0.2, 0) is 4.74 Å². The maximum atomic E-state index is 5.52. The van der Waals surface area contributed by atoms with Crippen molar-refractivity contribution >= 4 is 0 Å². The smallest absolute Gasteiger partial charge is 0.133 e. The second kappa shape index (κ2) is 2.17. The molecule has 1 aliphatic rings. The highest BCUT2D eigenvalue weighted by molar-refractivity contribution is 5.02. The molecule has 1 fully saturated rings. The van der Waals surface area contributed by atoms with E-state index >= 15 is 0 Å². The molecular weight excluding hydrogens is 102 g/mol.